The number of nitrogens with two attached hydrogens (primary N) is 2. The molecule has 5 N–H and O–H groups in total. The third-order valence-electron chi connectivity index (χ3n) is 2.14. The van der Waals surface area contributed by atoms with Crippen molar-refractivity contribution in [2.75, 3.05) is 5.73 Å². The summed E-state index contributed by atoms with van der Waals surface area (Å²) in [6.45, 7) is 0. The lowest BCUT2D eigenvalue weighted by atomic mass is 10.2. The lowest BCUT2D eigenvalue weighted by molar-refractivity contribution is -0.578. The van der Waals surface area contributed by atoms with E-state index in [2.05, 4.69) is 10.1 Å². The third kappa shape index (κ3) is 1.34. The number of nitrogens with zero attached hydrogens (tertiary/aromatic N) is 3. The lowest BCUT2D eigenvalue weighted by Gasteiger charge is -2.07. The molecule has 7 nitrogen and oxygen atoms in total. The minimum atomic E-state index is -0.370. The van der Waals surface area contributed by atoms with Gasteiger partial charge in [-0.25, -0.2) is 4.98 Å². The Morgan fingerprint density at radius 1 is 1.44 bits per heavy atom. The molecule has 82 valence electrons. The summed E-state index contributed by atoms with van der Waals surface area (Å²) in [6, 6.07) is 6.64. The zero-order valence-electron chi connectivity index (χ0n) is 8.16. The highest BCUT2D eigenvalue weighted by molar-refractivity contribution is 5.98. The van der Waals surface area contributed by atoms with Gasteiger partial charge < -0.3 is 21.9 Å². The number of hydrogen-bond acceptors (Lipinski definition) is 5. The number of para-hydroxylation sites is 2. The summed E-state index contributed by atoms with van der Waals surface area (Å²) in [5, 5.41) is 23.2. The van der Waals surface area contributed by atoms with Crippen molar-refractivity contribution in [2.45, 2.75) is 0 Å². The van der Waals surface area contributed by atoms with Crippen LogP contribution in [0.2, 0.25) is 0 Å². The maximum atomic E-state index is 11.9. The van der Waals surface area contributed by atoms with Crippen LogP contribution in [0, 0.1) is 5.21 Å². The highest BCUT2D eigenvalue weighted by atomic mass is 16.5. The van der Waals surface area contributed by atoms with Crippen LogP contribution in [0.3, 0.4) is 0 Å². The van der Waals surface area contributed by atoms with Gasteiger partial charge in [0.2, 0.25) is 17.2 Å². The number of oxime groups is 1. The van der Waals surface area contributed by atoms with E-state index in [-0.39, 0.29) is 17.3 Å². The van der Waals surface area contributed by atoms with Crippen molar-refractivity contribution in [1.29, 1.82) is 0 Å². The Morgan fingerprint density at radius 2 is 2.12 bits per heavy atom. The Bertz CT molecular complexity index is 581. The second-order valence-corrected chi connectivity index (χ2v) is 3.11. The molecule has 0 spiro atoms. The van der Waals surface area contributed by atoms with Crippen LogP contribution in [0.5, 0.6) is 0 Å². The van der Waals surface area contributed by atoms with Gasteiger partial charge in [-0.15, -0.1) is 0 Å². The summed E-state index contributed by atoms with van der Waals surface area (Å²) >= 11 is 0. The summed E-state index contributed by atoms with van der Waals surface area (Å²) in [7, 11) is 0. The second-order valence-electron chi connectivity index (χ2n) is 3.11. The molecule has 0 atom stereocenters. The van der Waals surface area contributed by atoms with Gasteiger partial charge in [-0.1, -0.05) is 17.3 Å². The van der Waals surface area contributed by atoms with E-state index in [1.54, 1.807) is 24.3 Å². The van der Waals surface area contributed by atoms with Gasteiger partial charge >= 0.3 is 5.69 Å². The van der Waals surface area contributed by atoms with E-state index in [9.17, 15) is 5.21 Å². The maximum Gasteiger partial charge on any atom is 0.305 e. The quantitative estimate of drug-likeness (QED) is 0.149. The number of fused-ring (bicyclic) bond motifs is 1. The standard InChI is InChI=1S/C9H9N5O2/c10-8-7(9(11)13-15)14(16)6-4-2-1-3-5(6)12-8/h1-4,15H,(H2,10,12)(H2,11,13). The molecule has 2 rings (SSSR count). The molecule has 16 heavy (non-hydrogen) atoms. The first-order valence-electron chi connectivity index (χ1n) is 4.41. The first kappa shape index (κ1) is 9.97. The fourth-order valence-electron chi connectivity index (χ4n) is 1.42. The molecule has 2 aromatic rings. The molecular formula is C9H9N5O2. The molecule has 0 unspecified atom stereocenters. The van der Waals surface area contributed by atoms with Crippen molar-refractivity contribution >= 4 is 22.7 Å². The zero-order chi connectivity index (χ0) is 11.7. The molecule has 0 radical (unpaired) electrons. The minimum absolute atomic E-state index is 0.0796. The van der Waals surface area contributed by atoms with Gasteiger partial charge in [0.15, 0.2) is 0 Å². The molecular weight excluding hydrogens is 210 g/mol. The van der Waals surface area contributed by atoms with E-state index in [0.717, 1.165) is 0 Å². The number of benzene rings is 1. The van der Waals surface area contributed by atoms with Crippen LogP contribution in [0.25, 0.3) is 11.0 Å². The fraction of sp³-hybridized carbons (Fsp3) is 0. The molecule has 0 aliphatic carbocycles. The van der Waals surface area contributed by atoms with Crippen molar-refractivity contribution in [3.05, 3.63) is 35.2 Å². The van der Waals surface area contributed by atoms with Crippen LogP contribution in [-0.4, -0.2) is 16.0 Å². The van der Waals surface area contributed by atoms with Gasteiger partial charge in [-0.2, -0.15) is 4.73 Å². The zero-order valence-corrected chi connectivity index (χ0v) is 8.16. The van der Waals surface area contributed by atoms with E-state index in [4.69, 9.17) is 16.7 Å². The van der Waals surface area contributed by atoms with Gasteiger partial charge in [0, 0.05) is 6.07 Å². The summed E-state index contributed by atoms with van der Waals surface area (Å²) in [5.74, 6) is -0.449. The van der Waals surface area contributed by atoms with Crippen LogP contribution in [0.15, 0.2) is 29.4 Å². The number of hydrogen-bond donors (Lipinski definition) is 3. The highest BCUT2D eigenvalue weighted by Gasteiger charge is 2.20. The number of amidine groups is 1. The Kier molecular flexibility index (Phi) is 2.20. The first-order chi connectivity index (χ1) is 7.65. The monoisotopic (exact) mass is 219 g/mol. The Hall–Kier alpha value is -2.57. The SMILES string of the molecule is N/C(=N\O)c1c(N)nc2ccccc2[n+]1[O-]. The van der Waals surface area contributed by atoms with E-state index in [0.29, 0.717) is 15.8 Å². The summed E-state index contributed by atoms with van der Waals surface area (Å²) in [4.78, 5) is 3.99. The van der Waals surface area contributed by atoms with E-state index in [1.165, 1.54) is 0 Å². The average Bonchev–Trinajstić information content (AvgIpc) is 2.28. The number of rotatable bonds is 1. The average molecular weight is 219 g/mol. The Morgan fingerprint density at radius 3 is 2.81 bits per heavy atom. The second kappa shape index (κ2) is 3.54. The van der Waals surface area contributed by atoms with E-state index >= 15 is 0 Å². The predicted molar refractivity (Wildman–Crippen MR) is 57.6 cm³/mol. The van der Waals surface area contributed by atoms with Gasteiger partial charge in [-0.3, -0.25) is 0 Å². The molecule has 0 aliphatic rings. The lowest BCUT2D eigenvalue weighted by Crippen LogP contribution is -2.40. The van der Waals surface area contributed by atoms with Crippen LogP contribution in [0.1, 0.15) is 5.69 Å². The van der Waals surface area contributed by atoms with Crippen molar-refractivity contribution < 1.29 is 9.94 Å². The molecule has 1 aromatic heterocycles. The maximum absolute atomic E-state index is 11.9. The topological polar surface area (TPSA) is 124 Å². The van der Waals surface area contributed by atoms with Crippen molar-refractivity contribution in [3.63, 3.8) is 0 Å². The number of aromatic nitrogens is 2. The van der Waals surface area contributed by atoms with E-state index in [1.807, 2.05) is 0 Å². The van der Waals surface area contributed by atoms with Gasteiger partial charge in [0.05, 0.1) is 0 Å². The van der Waals surface area contributed by atoms with Gasteiger partial charge in [-0.05, 0) is 6.07 Å². The number of anilines is 1. The van der Waals surface area contributed by atoms with Crippen LogP contribution < -0.4 is 16.2 Å². The summed E-state index contributed by atoms with van der Waals surface area (Å²) in [6.07, 6.45) is 0. The molecule has 0 amide bonds. The summed E-state index contributed by atoms with van der Waals surface area (Å²) < 4.78 is 0.493. The van der Waals surface area contributed by atoms with Gasteiger partial charge in [0.1, 0.15) is 5.52 Å². The molecule has 1 aromatic carbocycles. The number of nitrogen functional groups attached to an aromatic ring is 1. The highest BCUT2D eigenvalue weighted by Crippen LogP contribution is 2.11. The van der Waals surface area contributed by atoms with E-state index < -0.39 is 0 Å². The molecule has 0 aliphatic heterocycles. The molecule has 7 heteroatoms. The Labute approximate surface area is 90.2 Å². The molecule has 0 fully saturated rings. The first-order valence-corrected chi connectivity index (χ1v) is 4.41. The molecule has 0 saturated heterocycles. The molecule has 0 saturated carbocycles. The van der Waals surface area contributed by atoms with Crippen molar-refractivity contribution in [3.8, 4) is 0 Å². The fourth-order valence-corrected chi connectivity index (χ4v) is 1.42. The predicted octanol–water partition coefficient (Wildman–Crippen LogP) is -0.455. The minimum Gasteiger partial charge on any atom is -0.618 e. The van der Waals surface area contributed by atoms with Crippen LogP contribution in [0.4, 0.5) is 5.82 Å². The largest absolute Gasteiger partial charge is 0.618 e. The van der Waals surface area contributed by atoms with Crippen LogP contribution in [-0.2, 0) is 0 Å². The third-order valence-corrected chi connectivity index (χ3v) is 2.14. The molecule has 1 heterocycles. The summed E-state index contributed by atoms with van der Waals surface area (Å²) in [5.41, 5.74) is 11.5. The van der Waals surface area contributed by atoms with Gasteiger partial charge in [0.25, 0.3) is 0 Å². The molecule has 0 bridgehead atoms. The normalized spacial score (nSPS) is 11.9. The Balaban J connectivity index is 2.86. The smallest absolute Gasteiger partial charge is 0.305 e. The van der Waals surface area contributed by atoms with Crippen LogP contribution >= 0.6 is 0 Å². The van der Waals surface area contributed by atoms with Crippen molar-refractivity contribution in [2.24, 2.45) is 10.9 Å². The van der Waals surface area contributed by atoms with Crippen molar-refractivity contribution in [1.82, 2.24) is 4.98 Å².